The fraction of sp³-hybridized carbons (Fsp3) is 0.0606. The molecule has 318 valence electrons. The highest BCUT2D eigenvalue weighted by molar-refractivity contribution is 6.22. The van der Waals surface area contributed by atoms with Crippen LogP contribution in [0.2, 0.25) is 0 Å². The summed E-state index contributed by atoms with van der Waals surface area (Å²) in [5, 5.41) is 7.56. The lowest BCUT2D eigenvalue weighted by molar-refractivity contribution is 0.827. The molecule has 0 saturated heterocycles. The normalized spacial score (nSPS) is 11.6. The molecule has 67 heavy (non-hydrogen) atoms. The van der Waals surface area contributed by atoms with E-state index in [1.54, 1.807) is 0 Å². The highest BCUT2D eigenvalue weighted by Crippen LogP contribution is 2.47. The van der Waals surface area contributed by atoms with Crippen molar-refractivity contribution >= 4 is 43.4 Å². The van der Waals surface area contributed by atoms with Crippen LogP contribution >= 0.6 is 0 Å². The first-order valence-corrected chi connectivity index (χ1v) is 23.5. The maximum atomic E-state index is 2.44. The van der Waals surface area contributed by atoms with E-state index >= 15 is 0 Å². The van der Waals surface area contributed by atoms with Crippen LogP contribution in [0.5, 0.6) is 0 Å². The van der Waals surface area contributed by atoms with Gasteiger partial charge in [0.05, 0.1) is 0 Å². The summed E-state index contributed by atoms with van der Waals surface area (Å²) < 4.78 is 2.42. The van der Waals surface area contributed by atoms with Gasteiger partial charge in [0, 0.05) is 28.4 Å². The number of nitrogens with zero attached hydrogens (tertiary/aromatic N) is 1. The quantitative estimate of drug-likeness (QED) is 0.134. The number of aromatic nitrogens is 1. The van der Waals surface area contributed by atoms with Gasteiger partial charge in [-0.05, 0) is 151 Å². The van der Waals surface area contributed by atoms with Crippen molar-refractivity contribution in [3.05, 3.63) is 242 Å². The zero-order chi connectivity index (χ0) is 45.0. The second kappa shape index (κ2) is 16.6. The Bertz CT molecular complexity index is 3810. The van der Waals surface area contributed by atoms with E-state index in [1.165, 1.54) is 132 Å². The number of aryl methyl sites for hydroxylation is 3. The molecule has 1 aromatic heterocycles. The predicted octanol–water partition coefficient (Wildman–Crippen LogP) is 18.4. The molecule has 0 saturated carbocycles. The lowest BCUT2D eigenvalue weighted by Crippen LogP contribution is -1.93. The second-order valence-electron chi connectivity index (χ2n) is 18.1. The first-order valence-electron chi connectivity index (χ1n) is 23.5. The summed E-state index contributed by atoms with van der Waals surface area (Å²) in [6.07, 6.45) is 0. The van der Waals surface area contributed by atoms with Gasteiger partial charge in [0.1, 0.15) is 0 Å². The Morgan fingerprint density at radius 2 is 0.612 bits per heavy atom. The maximum Gasteiger partial charge on any atom is 0.0491 e. The fourth-order valence-corrected chi connectivity index (χ4v) is 10.6. The topological polar surface area (TPSA) is 4.93 Å². The van der Waals surface area contributed by atoms with Crippen LogP contribution in [0.4, 0.5) is 0 Å². The van der Waals surface area contributed by atoms with E-state index in [2.05, 4.69) is 256 Å². The second-order valence-corrected chi connectivity index (χ2v) is 18.1. The van der Waals surface area contributed by atoms with Gasteiger partial charge in [-0.3, -0.25) is 0 Å². The van der Waals surface area contributed by atoms with E-state index in [9.17, 15) is 0 Å². The molecule has 1 heteroatoms. The Morgan fingerprint density at radius 1 is 0.254 bits per heavy atom. The molecule has 1 heterocycles. The average Bonchev–Trinajstić information content (AvgIpc) is 3.71. The van der Waals surface area contributed by atoms with Crippen molar-refractivity contribution in [2.45, 2.75) is 27.3 Å². The lowest BCUT2D eigenvalue weighted by Gasteiger charge is -2.20. The summed E-state index contributed by atoms with van der Waals surface area (Å²) in [7, 11) is 0. The molecule has 0 spiro atoms. The van der Waals surface area contributed by atoms with Gasteiger partial charge in [-0.1, -0.05) is 211 Å². The summed E-state index contributed by atoms with van der Waals surface area (Å²) in [5.74, 6) is 0. The SMILES string of the molecule is CCn1c2ccccc2c2cc(-c3ccc(-c4c5ccc(-c6cccc(C)c6)cc5c(-c5ccc(-c6ccc(-c7ccccc7)cc6)cc5)c5ccc(-c6cccc(C)c6)cc45)cc3)ccc21. The smallest absolute Gasteiger partial charge is 0.0491 e. The molecule has 0 radical (unpaired) electrons. The molecule has 12 aromatic rings. The Kier molecular flexibility index (Phi) is 9.99. The number of para-hydroxylation sites is 1. The average molecular weight is 856 g/mol. The van der Waals surface area contributed by atoms with Crippen LogP contribution < -0.4 is 0 Å². The van der Waals surface area contributed by atoms with Gasteiger partial charge in [0.25, 0.3) is 0 Å². The molecule has 0 aliphatic rings. The Labute approximate surface area is 392 Å². The van der Waals surface area contributed by atoms with Crippen molar-refractivity contribution in [3.63, 3.8) is 0 Å². The summed E-state index contributed by atoms with van der Waals surface area (Å²) >= 11 is 0. The molecule has 0 atom stereocenters. The minimum Gasteiger partial charge on any atom is -0.341 e. The number of hydrogen-bond donors (Lipinski definition) is 0. The van der Waals surface area contributed by atoms with Gasteiger partial charge in [-0.25, -0.2) is 0 Å². The summed E-state index contributed by atoms with van der Waals surface area (Å²) in [4.78, 5) is 0. The Balaban J connectivity index is 1.05. The zero-order valence-corrected chi connectivity index (χ0v) is 38.1. The van der Waals surface area contributed by atoms with E-state index in [-0.39, 0.29) is 0 Å². The van der Waals surface area contributed by atoms with Crippen LogP contribution in [0, 0.1) is 13.8 Å². The van der Waals surface area contributed by atoms with Crippen molar-refractivity contribution in [2.24, 2.45) is 0 Å². The van der Waals surface area contributed by atoms with Crippen LogP contribution in [0.3, 0.4) is 0 Å². The molecule has 1 nitrogen and oxygen atoms in total. The third kappa shape index (κ3) is 7.21. The van der Waals surface area contributed by atoms with Crippen molar-refractivity contribution in [2.75, 3.05) is 0 Å². The molecule has 0 bridgehead atoms. The first-order chi connectivity index (χ1) is 33.0. The molecular weight excluding hydrogens is 807 g/mol. The minimum atomic E-state index is 0.937. The Morgan fingerprint density at radius 3 is 1.12 bits per heavy atom. The maximum absolute atomic E-state index is 2.44. The molecule has 0 amide bonds. The number of benzene rings is 11. The largest absolute Gasteiger partial charge is 0.341 e. The van der Waals surface area contributed by atoms with Crippen LogP contribution in [0.1, 0.15) is 18.1 Å². The standard InChI is InChI=1S/C66H49N/c1-4-67-63-19-9-8-18-57(63)60-40-54(34-37-64(60)67)49-26-30-51(31-27-49)66-59-36-33-55(52-16-10-12-43(2)38-52)41-61(59)65(58-35-32-56(42-62(58)66)53-17-11-13-44(3)39-53)50-28-24-48(25-29-50)47-22-20-46(21-23-47)45-14-6-5-7-15-45/h5-42H,4H2,1-3H3. The highest BCUT2D eigenvalue weighted by atomic mass is 15.0. The van der Waals surface area contributed by atoms with Gasteiger partial charge in [-0.2, -0.15) is 0 Å². The number of hydrogen-bond acceptors (Lipinski definition) is 0. The number of rotatable bonds is 8. The van der Waals surface area contributed by atoms with Gasteiger partial charge in [-0.15, -0.1) is 0 Å². The van der Waals surface area contributed by atoms with Crippen LogP contribution in [0.15, 0.2) is 231 Å². The Hall–Kier alpha value is -8.26. The number of fused-ring (bicyclic) bond motifs is 5. The molecular formula is C66H49N. The molecule has 12 rings (SSSR count). The third-order valence-corrected chi connectivity index (χ3v) is 13.9. The van der Waals surface area contributed by atoms with Gasteiger partial charge < -0.3 is 4.57 Å². The van der Waals surface area contributed by atoms with Gasteiger partial charge >= 0.3 is 0 Å². The highest BCUT2D eigenvalue weighted by Gasteiger charge is 2.20. The molecule has 0 N–H and O–H groups in total. The third-order valence-electron chi connectivity index (χ3n) is 13.9. The molecule has 0 fully saturated rings. The van der Waals surface area contributed by atoms with E-state index < -0.39 is 0 Å². The minimum absolute atomic E-state index is 0.937. The lowest BCUT2D eigenvalue weighted by atomic mass is 9.83. The van der Waals surface area contributed by atoms with Gasteiger partial charge in [0.15, 0.2) is 0 Å². The van der Waals surface area contributed by atoms with Gasteiger partial charge in [0.2, 0.25) is 0 Å². The predicted molar refractivity (Wildman–Crippen MR) is 288 cm³/mol. The van der Waals surface area contributed by atoms with E-state index in [0.717, 1.165) is 6.54 Å². The van der Waals surface area contributed by atoms with Crippen LogP contribution in [0.25, 0.3) is 121 Å². The molecule has 11 aromatic carbocycles. The molecule has 0 aliphatic heterocycles. The van der Waals surface area contributed by atoms with Crippen molar-refractivity contribution in [3.8, 4) is 77.9 Å². The zero-order valence-electron chi connectivity index (χ0n) is 38.1. The monoisotopic (exact) mass is 855 g/mol. The molecule has 0 unspecified atom stereocenters. The summed E-state index contributed by atoms with van der Waals surface area (Å²) in [6, 6.07) is 85.8. The van der Waals surface area contributed by atoms with Crippen LogP contribution in [-0.4, -0.2) is 4.57 Å². The van der Waals surface area contributed by atoms with E-state index in [1.807, 2.05) is 0 Å². The molecule has 0 aliphatic carbocycles. The van der Waals surface area contributed by atoms with Crippen molar-refractivity contribution in [1.82, 2.24) is 4.57 Å². The summed E-state index contributed by atoms with van der Waals surface area (Å²) in [6.45, 7) is 7.52. The van der Waals surface area contributed by atoms with Crippen molar-refractivity contribution < 1.29 is 0 Å². The van der Waals surface area contributed by atoms with Crippen molar-refractivity contribution in [1.29, 1.82) is 0 Å². The van der Waals surface area contributed by atoms with E-state index in [0.29, 0.717) is 0 Å². The summed E-state index contributed by atoms with van der Waals surface area (Å²) in [5.41, 5.74) is 22.1. The fourth-order valence-electron chi connectivity index (χ4n) is 10.6. The van der Waals surface area contributed by atoms with Crippen LogP contribution in [-0.2, 0) is 6.54 Å². The first kappa shape index (κ1) is 40.3. The van der Waals surface area contributed by atoms with E-state index in [4.69, 9.17) is 0 Å².